The topological polar surface area (TPSA) is 58.6 Å². The Bertz CT molecular complexity index is 640. The van der Waals surface area contributed by atoms with Crippen molar-refractivity contribution in [2.45, 2.75) is 13.0 Å². The molecule has 21 heavy (non-hydrogen) atoms. The van der Waals surface area contributed by atoms with E-state index in [0.29, 0.717) is 5.75 Å². The summed E-state index contributed by atoms with van der Waals surface area (Å²) in [7, 11) is 1.48. The fourth-order valence-electron chi connectivity index (χ4n) is 1.94. The number of carbonyl (C=O) groups excluding carboxylic acids is 1. The molecule has 5 heteroatoms. The van der Waals surface area contributed by atoms with Crippen molar-refractivity contribution in [3.63, 3.8) is 0 Å². The molecular formula is C16H16FNO3. The summed E-state index contributed by atoms with van der Waals surface area (Å²) in [6.07, 6.45) is 0. The van der Waals surface area contributed by atoms with E-state index in [9.17, 15) is 14.3 Å². The van der Waals surface area contributed by atoms with Gasteiger partial charge in [0.05, 0.1) is 18.7 Å². The zero-order chi connectivity index (χ0) is 15.4. The van der Waals surface area contributed by atoms with Crippen LogP contribution in [0.4, 0.5) is 4.39 Å². The van der Waals surface area contributed by atoms with Crippen LogP contribution in [0.5, 0.6) is 11.5 Å². The molecular weight excluding hydrogens is 273 g/mol. The predicted molar refractivity (Wildman–Crippen MR) is 76.9 cm³/mol. The summed E-state index contributed by atoms with van der Waals surface area (Å²) in [5, 5.41) is 12.6. The number of ether oxygens (including phenoxy) is 1. The van der Waals surface area contributed by atoms with Crippen LogP contribution < -0.4 is 10.1 Å². The molecule has 2 N–H and O–H groups in total. The number of hydrogen-bond donors (Lipinski definition) is 2. The van der Waals surface area contributed by atoms with Gasteiger partial charge in [0.2, 0.25) is 0 Å². The van der Waals surface area contributed by atoms with Crippen LogP contribution in [0.3, 0.4) is 0 Å². The molecule has 1 atom stereocenters. The lowest BCUT2D eigenvalue weighted by Gasteiger charge is -2.15. The molecule has 0 fully saturated rings. The first-order valence-corrected chi connectivity index (χ1v) is 6.44. The monoisotopic (exact) mass is 289 g/mol. The second kappa shape index (κ2) is 6.26. The van der Waals surface area contributed by atoms with Gasteiger partial charge in [-0.2, -0.15) is 0 Å². The van der Waals surface area contributed by atoms with E-state index < -0.39 is 5.91 Å². The molecule has 0 aliphatic heterocycles. The lowest BCUT2D eigenvalue weighted by atomic mass is 10.1. The van der Waals surface area contributed by atoms with Gasteiger partial charge in [-0.25, -0.2) is 4.39 Å². The van der Waals surface area contributed by atoms with Crippen molar-refractivity contribution in [2.24, 2.45) is 0 Å². The van der Waals surface area contributed by atoms with Crippen LogP contribution in [0.1, 0.15) is 28.9 Å². The van der Waals surface area contributed by atoms with Gasteiger partial charge >= 0.3 is 0 Å². The molecule has 1 amide bonds. The molecule has 1 unspecified atom stereocenters. The lowest BCUT2D eigenvalue weighted by molar-refractivity contribution is 0.0937. The summed E-state index contributed by atoms with van der Waals surface area (Å²) in [4.78, 5) is 12.1. The van der Waals surface area contributed by atoms with E-state index in [1.54, 1.807) is 25.1 Å². The molecule has 0 aliphatic rings. The van der Waals surface area contributed by atoms with Crippen molar-refractivity contribution in [2.75, 3.05) is 7.11 Å². The summed E-state index contributed by atoms with van der Waals surface area (Å²) in [5.41, 5.74) is 0.933. The highest BCUT2D eigenvalue weighted by Gasteiger charge is 2.15. The number of phenols is 1. The molecule has 0 aliphatic carbocycles. The maximum absolute atomic E-state index is 12.9. The number of methoxy groups -OCH3 is 1. The van der Waals surface area contributed by atoms with Gasteiger partial charge in [0.25, 0.3) is 5.91 Å². The summed E-state index contributed by atoms with van der Waals surface area (Å²) in [6.45, 7) is 1.78. The van der Waals surface area contributed by atoms with Crippen molar-refractivity contribution in [1.29, 1.82) is 0 Å². The molecule has 110 valence electrons. The third-order valence-electron chi connectivity index (χ3n) is 3.17. The maximum Gasteiger partial charge on any atom is 0.255 e. The van der Waals surface area contributed by atoms with Crippen LogP contribution in [-0.2, 0) is 0 Å². The fourth-order valence-corrected chi connectivity index (χ4v) is 1.94. The van der Waals surface area contributed by atoms with Gasteiger partial charge in [0, 0.05) is 6.07 Å². The number of rotatable bonds is 4. The second-order valence-corrected chi connectivity index (χ2v) is 4.63. The normalized spacial score (nSPS) is 11.8. The zero-order valence-electron chi connectivity index (χ0n) is 11.8. The highest BCUT2D eigenvalue weighted by molar-refractivity contribution is 5.97. The van der Waals surface area contributed by atoms with Crippen molar-refractivity contribution in [3.05, 3.63) is 59.4 Å². The number of halogens is 1. The van der Waals surface area contributed by atoms with Crippen LogP contribution in [0, 0.1) is 5.82 Å². The molecule has 0 saturated heterocycles. The second-order valence-electron chi connectivity index (χ2n) is 4.63. The quantitative estimate of drug-likeness (QED) is 0.909. The lowest BCUT2D eigenvalue weighted by Crippen LogP contribution is -2.26. The average molecular weight is 289 g/mol. The van der Waals surface area contributed by atoms with Crippen molar-refractivity contribution < 1.29 is 19.0 Å². The van der Waals surface area contributed by atoms with E-state index in [-0.39, 0.29) is 23.2 Å². The van der Waals surface area contributed by atoms with Crippen LogP contribution >= 0.6 is 0 Å². The molecule has 0 radical (unpaired) electrons. The largest absolute Gasteiger partial charge is 0.507 e. The first-order valence-electron chi connectivity index (χ1n) is 6.44. The minimum atomic E-state index is -0.410. The number of aromatic hydroxyl groups is 1. The average Bonchev–Trinajstić information content (AvgIpc) is 2.47. The van der Waals surface area contributed by atoms with E-state index >= 15 is 0 Å². The Morgan fingerprint density at radius 2 is 1.90 bits per heavy atom. The SMILES string of the molecule is COc1ccc(C(=O)NC(C)c2ccc(F)cc2)c(O)c1. The van der Waals surface area contributed by atoms with Crippen molar-refractivity contribution >= 4 is 5.91 Å². The molecule has 2 aromatic rings. The maximum atomic E-state index is 12.9. The molecule has 0 heterocycles. The van der Waals surface area contributed by atoms with Crippen LogP contribution in [-0.4, -0.2) is 18.1 Å². The third-order valence-corrected chi connectivity index (χ3v) is 3.17. The Kier molecular flexibility index (Phi) is 4.42. The van der Waals surface area contributed by atoms with Gasteiger partial charge < -0.3 is 15.2 Å². The minimum absolute atomic E-state index is 0.154. The van der Waals surface area contributed by atoms with E-state index in [4.69, 9.17) is 4.74 Å². The zero-order valence-corrected chi connectivity index (χ0v) is 11.8. The van der Waals surface area contributed by atoms with E-state index in [1.807, 2.05) is 0 Å². The Morgan fingerprint density at radius 1 is 1.24 bits per heavy atom. The Morgan fingerprint density at radius 3 is 2.48 bits per heavy atom. The highest BCUT2D eigenvalue weighted by atomic mass is 19.1. The van der Waals surface area contributed by atoms with Gasteiger partial charge in [0.15, 0.2) is 0 Å². The molecule has 2 aromatic carbocycles. The van der Waals surface area contributed by atoms with Gasteiger partial charge in [-0.1, -0.05) is 12.1 Å². The standard InChI is InChI=1S/C16H16FNO3/c1-10(11-3-5-12(17)6-4-11)18-16(20)14-8-7-13(21-2)9-15(14)19/h3-10,19H,1-2H3,(H,18,20). The van der Waals surface area contributed by atoms with Gasteiger partial charge in [-0.05, 0) is 36.8 Å². The summed E-state index contributed by atoms with van der Waals surface area (Å²) >= 11 is 0. The van der Waals surface area contributed by atoms with Crippen LogP contribution in [0.25, 0.3) is 0 Å². The third kappa shape index (κ3) is 3.51. The first kappa shape index (κ1) is 14.8. The van der Waals surface area contributed by atoms with Crippen LogP contribution in [0.2, 0.25) is 0 Å². The fraction of sp³-hybridized carbons (Fsp3) is 0.188. The van der Waals surface area contributed by atoms with E-state index in [1.165, 1.54) is 31.4 Å². The number of nitrogens with one attached hydrogen (secondary N) is 1. The number of phenolic OH excluding ortho intramolecular Hbond substituents is 1. The molecule has 0 saturated carbocycles. The van der Waals surface area contributed by atoms with Crippen LogP contribution in [0.15, 0.2) is 42.5 Å². The Balaban J connectivity index is 2.12. The number of carbonyl (C=O) groups is 1. The highest BCUT2D eigenvalue weighted by Crippen LogP contribution is 2.24. The van der Waals surface area contributed by atoms with Crippen molar-refractivity contribution in [1.82, 2.24) is 5.32 Å². The van der Waals surface area contributed by atoms with Crippen molar-refractivity contribution in [3.8, 4) is 11.5 Å². The number of hydrogen-bond acceptors (Lipinski definition) is 3. The first-order chi connectivity index (χ1) is 10.0. The molecule has 0 aromatic heterocycles. The summed E-state index contributed by atoms with van der Waals surface area (Å²) in [6, 6.07) is 10.0. The predicted octanol–water partition coefficient (Wildman–Crippen LogP) is 3.03. The van der Waals surface area contributed by atoms with Gasteiger partial charge in [-0.3, -0.25) is 4.79 Å². The number of benzene rings is 2. The van der Waals surface area contributed by atoms with Gasteiger partial charge in [0.1, 0.15) is 17.3 Å². The molecule has 0 spiro atoms. The molecule has 4 nitrogen and oxygen atoms in total. The Labute approximate surface area is 122 Å². The van der Waals surface area contributed by atoms with Gasteiger partial charge in [-0.15, -0.1) is 0 Å². The minimum Gasteiger partial charge on any atom is -0.507 e. The Hall–Kier alpha value is -2.56. The molecule has 2 rings (SSSR count). The van der Waals surface area contributed by atoms with E-state index in [0.717, 1.165) is 5.56 Å². The summed E-state index contributed by atoms with van der Waals surface area (Å²) < 4.78 is 17.8. The van der Waals surface area contributed by atoms with E-state index in [2.05, 4.69) is 5.32 Å². The summed E-state index contributed by atoms with van der Waals surface area (Å²) in [5.74, 6) is -0.425. The smallest absolute Gasteiger partial charge is 0.255 e. The molecule has 0 bridgehead atoms. The number of amides is 1.